The Morgan fingerprint density at radius 2 is 1.93 bits per heavy atom. The molecule has 5 nitrogen and oxygen atoms in total. The summed E-state index contributed by atoms with van der Waals surface area (Å²) in [6.07, 6.45) is 3.80. The van der Waals surface area contributed by atoms with Crippen molar-refractivity contribution < 1.29 is 4.79 Å². The molecular weight excluding hydrogens is 336 g/mol. The molecule has 1 aromatic heterocycles. The highest BCUT2D eigenvalue weighted by molar-refractivity contribution is 5.79. The second kappa shape index (κ2) is 7.82. The van der Waals surface area contributed by atoms with E-state index in [1.807, 2.05) is 30.3 Å². The number of anilines is 1. The van der Waals surface area contributed by atoms with Crippen molar-refractivity contribution in [3.8, 4) is 0 Å². The molecule has 1 heterocycles. The van der Waals surface area contributed by atoms with Crippen LogP contribution in [0.3, 0.4) is 0 Å². The first-order valence-electron chi connectivity index (χ1n) is 9.72. The summed E-state index contributed by atoms with van der Waals surface area (Å²) in [6, 6.07) is 16.7. The number of hydrogen-bond donors (Lipinski definition) is 3. The summed E-state index contributed by atoms with van der Waals surface area (Å²) in [7, 11) is 0. The third-order valence-corrected chi connectivity index (χ3v) is 5.38. The molecule has 1 fully saturated rings. The van der Waals surface area contributed by atoms with Crippen molar-refractivity contribution >= 4 is 22.9 Å². The lowest BCUT2D eigenvalue weighted by atomic mass is 9.85. The SMILES string of the molecule is Cc1cccc(CNC(=O)[C@H]2CC[C@H](Nc3nc4ccccc4[nH]3)CC2)c1. The Balaban J connectivity index is 1.26. The highest BCUT2D eigenvalue weighted by Crippen LogP contribution is 2.27. The zero-order chi connectivity index (χ0) is 18.6. The molecule has 3 N–H and O–H groups in total. The number of imidazole rings is 1. The lowest BCUT2D eigenvalue weighted by molar-refractivity contribution is -0.126. The molecule has 140 valence electrons. The molecule has 0 aliphatic heterocycles. The topological polar surface area (TPSA) is 69.8 Å². The van der Waals surface area contributed by atoms with Crippen LogP contribution in [0.4, 0.5) is 5.95 Å². The number of aromatic amines is 1. The van der Waals surface area contributed by atoms with Gasteiger partial charge in [0.1, 0.15) is 0 Å². The van der Waals surface area contributed by atoms with E-state index in [0.29, 0.717) is 12.6 Å². The Morgan fingerprint density at radius 1 is 1.11 bits per heavy atom. The fourth-order valence-corrected chi connectivity index (χ4v) is 3.87. The van der Waals surface area contributed by atoms with E-state index in [4.69, 9.17) is 0 Å². The summed E-state index contributed by atoms with van der Waals surface area (Å²) in [5.74, 6) is 1.12. The molecule has 4 rings (SSSR count). The van der Waals surface area contributed by atoms with E-state index in [0.717, 1.165) is 48.2 Å². The van der Waals surface area contributed by atoms with Crippen LogP contribution in [0.1, 0.15) is 36.8 Å². The van der Waals surface area contributed by atoms with Crippen LogP contribution in [0, 0.1) is 12.8 Å². The molecule has 1 amide bonds. The maximum Gasteiger partial charge on any atom is 0.223 e. The number of nitrogens with one attached hydrogen (secondary N) is 3. The number of hydrogen-bond acceptors (Lipinski definition) is 3. The van der Waals surface area contributed by atoms with Crippen molar-refractivity contribution in [2.24, 2.45) is 5.92 Å². The predicted octanol–water partition coefficient (Wildman–Crippen LogP) is 4.16. The monoisotopic (exact) mass is 362 g/mol. The van der Waals surface area contributed by atoms with Crippen LogP contribution in [0.5, 0.6) is 0 Å². The largest absolute Gasteiger partial charge is 0.353 e. The summed E-state index contributed by atoms with van der Waals surface area (Å²) >= 11 is 0. The Labute approximate surface area is 159 Å². The zero-order valence-corrected chi connectivity index (χ0v) is 15.7. The van der Waals surface area contributed by atoms with Gasteiger partial charge in [-0.05, 0) is 50.3 Å². The number of fused-ring (bicyclic) bond motifs is 1. The molecule has 5 heteroatoms. The van der Waals surface area contributed by atoms with Crippen LogP contribution in [0.2, 0.25) is 0 Å². The molecule has 0 saturated heterocycles. The van der Waals surface area contributed by atoms with Crippen LogP contribution in [-0.4, -0.2) is 21.9 Å². The zero-order valence-electron chi connectivity index (χ0n) is 15.7. The van der Waals surface area contributed by atoms with Gasteiger partial charge in [-0.15, -0.1) is 0 Å². The smallest absolute Gasteiger partial charge is 0.223 e. The van der Waals surface area contributed by atoms with Gasteiger partial charge < -0.3 is 15.6 Å². The highest BCUT2D eigenvalue weighted by atomic mass is 16.1. The molecule has 3 aromatic rings. The van der Waals surface area contributed by atoms with E-state index < -0.39 is 0 Å². The second-order valence-electron chi connectivity index (χ2n) is 7.50. The fraction of sp³-hybridized carbons (Fsp3) is 0.364. The van der Waals surface area contributed by atoms with Crippen molar-refractivity contribution in [3.63, 3.8) is 0 Å². The first-order valence-corrected chi connectivity index (χ1v) is 9.72. The van der Waals surface area contributed by atoms with E-state index in [9.17, 15) is 4.79 Å². The number of benzene rings is 2. The number of amides is 1. The predicted molar refractivity (Wildman–Crippen MR) is 108 cm³/mol. The van der Waals surface area contributed by atoms with E-state index in [2.05, 4.69) is 45.7 Å². The number of para-hydroxylation sites is 2. The Kier molecular flexibility index (Phi) is 5.10. The quantitative estimate of drug-likeness (QED) is 0.638. The maximum absolute atomic E-state index is 12.5. The normalized spacial score (nSPS) is 19.7. The van der Waals surface area contributed by atoms with E-state index in [1.54, 1.807) is 0 Å². The second-order valence-corrected chi connectivity index (χ2v) is 7.50. The van der Waals surface area contributed by atoms with Gasteiger partial charge in [-0.3, -0.25) is 4.79 Å². The lowest BCUT2D eigenvalue weighted by Gasteiger charge is -2.28. The summed E-state index contributed by atoms with van der Waals surface area (Å²) in [4.78, 5) is 20.4. The minimum atomic E-state index is 0.114. The number of carbonyl (C=O) groups excluding carboxylic acids is 1. The lowest BCUT2D eigenvalue weighted by Crippen LogP contribution is -2.35. The number of nitrogens with zero attached hydrogens (tertiary/aromatic N) is 1. The van der Waals surface area contributed by atoms with Gasteiger partial charge in [0.25, 0.3) is 0 Å². The minimum Gasteiger partial charge on any atom is -0.353 e. The molecule has 0 spiro atoms. The molecule has 2 aromatic carbocycles. The van der Waals surface area contributed by atoms with Crippen LogP contribution >= 0.6 is 0 Å². The van der Waals surface area contributed by atoms with Crippen molar-refractivity contribution in [1.29, 1.82) is 0 Å². The van der Waals surface area contributed by atoms with Crippen LogP contribution in [0.15, 0.2) is 48.5 Å². The van der Waals surface area contributed by atoms with Gasteiger partial charge in [0.05, 0.1) is 11.0 Å². The molecule has 0 atom stereocenters. The summed E-state index contributed by atoms with van der Waals surface area (Å²) in [5, 5.41) is 6.60. The summed E-state index contributed by atoms with van der Waals surface area (Å²) in [6.45, 7) is 2.68. The van der Waals surface area contributed by atoms with Gasteiger partial charge in [0.15, 0.2) is 0 Å². The van der Waals surface area contributed by atoms with Crippen molar-refractivity contribution in [3.05, 3.63) is 59.7 Å². The Morgan fingerprint density at radius 3 is 2.70 bits per heavy atom. The van der Waals surface area contributed by atoms with Crippen molar-refractivity contribution in [2.75, 3.05) is 5.32 Å². The number of rotatable bonds is 5. The van der Waals surface area contributed by atoms with Gasteiger partial charge in [-0.2, -0.15) is 0 Å². The first kappa shape index (κ1) is 17.6. The minimum absolute atomic E-state index is 0.114. The van der Waals surface area contributed by atoms with Crippen LogP contribution < -0.4 is 10.6 Å². The third-order valence-electron chi connectivity index (χ3n) is 5.38. The first-order chi connectivity index (χ1) is 13.2. The van der Waals surface area contributed by atoms with Crippen molar-refractivity contribution in [2.45, 2.75) is 45.2 Å². The number of aryl methyl sites for hydroxylation is 1. The standard InChI is InChI=1S/C22H26N4O/c1-15-5-4-6-16(13-15)14-23-21(27)17-9-11-18(12-10-17)24-22-25-19-7-2-3-8-20(19)26-22/h2-8,13,17-18H,9-12,14H2,1H3,(H,23,27)(H2,24,25,26)/t17-,18-. The van der Waals surface area contributed by atoms with Gasteiger partial charge in [0, 0.05) is 18.5 Å². The molecule has 1 aliphatic carbocycles. The molecule has 0 bridgehead atoms. The summed E-state index contributed by atoms with van der Waals surface area (Å²) in [5.41, 5.74) is 4.40. The van der Waals surface area contributed by atoms with E-state index >= 15 is 0 Å². The fourth-order valence-electron chi connectivity index (χ4n) is 3.87. The summed E-state index contributed by atoms with van der Waals surface area (Å²) < 4.78 is 0. The molecular formula is C22H26N4O. The Bertz CT molecular complexity index is 892. The van der Waals surface area contributed by atoms with Gasteiger partial charge in [-0.1, -0.05) is 42.0 Å². The molecule has 1 saturated carbocycles. The molecule has 0 unspecified atom stereocenters. The average molecular weight is 362 g/mol. The number of carbonyl (C=O) groups is 1. The van der Waals surface area contributed by atoms with Crippen LogP contribution in [0.25, 0.3) is 11.0 Å². The molecule has 27 heavy (non-hydrogen) atoms. The number of H-pyrrole nitrogens is 1. The van der Waals surface area contributed by atoms with Gasteiger partial charge in [-0.25, -0.2) is 4.98 Å². The van der Waals surface area contributed by atoms with Gasteiger partial charge in [0.2, 0.25) is 11.9 Å². The third kappa shape index (κ3) is 4.30. The maximum atomic E-state index is 12.5. The van der Waals surface area contributed by atoms with Gasteiger partial charge >= 0.3 is 0 Å². The molecule has 1 aliphatic rings. The molecule has 0 radical (unpaired) electrons. The van der Waals surface area contributed by atoms with Crippen molar-refractivity contribution in [1.82, 2.24) is 15.3 Å². The van der Waals surface area contributed by atoms with Crippen LogP contribution in [-0.2, 0) is 11.3 Å². The van der Waals surface area contributed by atoms with E-state index in [1.165, 1.54) is 5.56 Å². The van der Waals surface area contributed by atoms with E-state index in [-0.39, 0.29) is 11.8 Å². The average Bonchev–Trinajstić information content (AvgIpc) is 3.09. The Hall–Kier alpha value is -2.82. The highest BCUT2D eigenvalue weighted by Gasteiger charge is 2.26. The number of aromatic nitrogens is 2.